The van der Waals surface area contributed by atoms with Gasteiger partial charge in [-0.15, -0.1) is 0 Å². The minimum atomic E-state index is 0.119. The number of ketones is 1. The lowest BCUT2D eigenvalue weighted by Crippen LogP contribution is -2.26. The molecular weight excluding hydrogens is 152 g/mol. The zero-order chi connectivity index (χ0) is 8.97. The molecule has 0 aromatic heterocycles. The molecule has 1 atom stereocenters. The third-order valence-corrected chi connectivity index (χ3v) is 2.08. The number of hydrogen-bond donors (Lipinski definition) is 0. The first kappa shape index (κ1) is 9.46. The van der Waals surface area contributed by atoms with E-state index in [0.29, 0.717) is 25.4 Å². The van der Waals surface area contributed by atoms with Crippen LogP contribution >= 0.6 is 0 Å². The average molecular weight is 168 g/mol. The van der Waals surface area contributed by atoms with Crippen LogP contribution in [-0.2, 0) is 9.53 Å². The summed E-state index contributed by atoms with van der Waals surface area (Å²) in [5.41, 5.74) is 1.27. The fourth-order valence-corrected chi connectivity index (χ4v) is 1.27. The van der Waals surface area contributed by atoms with Gasteiger partial charge in [0.1, 0.15) is 5.78 Å². The molecule has 1 heterocycles. The number of allylic oxidation sites excluding steroid dienone is 2. The highest BCUT2D eigenvalue weighted by Crippen LogP contribution is 2.14. The molecule has 68 valence electrons. The topological polar surface area (TPSA) is 26.3 Å². The first-order valence-corrected chi connectivity index (χ1v) is 4.44. The Bertz CT molecular complexity index is 190. The van der Waals surface area contributed by atoms with Crippen LogP contribution in [0, 0.1) is 5.92 Å². The maximum Gasteiger partial charge on any atom is 0.140 e. The molecule has 0 amide bonds. The molecule has 0 radical (unpaired) electrons. The Morgan fingerprint density at radius 1 is 1.67 bits per heavy atom. The summed E-state index contributed by atoms with van der Waals surface area (Å²) in [4.78, 5) is 11.3. The Kier molecular flexibility index (Phi) is 3.48. The Morgan fingerprint density at radius 2 is 2.42 bits per heavy atom. The first-order valence-electron chi connectivity index (χ1n) is 4.44. The van der Waals surface area contributed by atoms with Crippen LogP contribution in [0.2, 0.25) is 0 Å². The second-order valence-electron chi connectivity index (χ2n) is 3.51. The molecule has 2 nitrogen and oxygen atoms in total. The van der Waals surface area contributed by atoms with Gasteiger partial charge in [0, 0.05) is 12.3 Å². The second-order valence-corrected chi connectivity index (χ2v) is 3.51. The number of carbonyl (C=O) groups excluding carboxylic acids is 1. The quantitative estimate of drug-likeness (QED) is 0.589. The molecule has 1 fully saturated rings. The Morgan fingerprint density at radius 3 is 3.00 bits per heavy atom. The summed E-state index contributed by atoms with van der Waals surface area (Å²) < 4.78 is 5.23. The molecule has 0 N–H and O–H groups in total. The van der Waals surface area contributed by atoms with E-state index < -0.39 is 0 Å². The van der Waals surface area contributed by atoms with Gasteiger partial charge in [-0.3, -0.25) is 4.79 Å². The van der Waals surface area contributed by atoms with E-state index in [9.17, 15) is 4.79 Å². The van der Waals surface area contributed by atoms with Crippen molar-refractivity contribution in [2.75, 3.05) is 13.2 Å². The molecule has 0 bridgehead atoms. The van der Waals surface area contributed by atoms with Gasteiger partial charge in [0.15, 0.2) is 0 Å². The van der Waals surface area contributed by atoms with E-state index >= 15 is 0 Å². The van der Waals surface area contributed by atoms with Gasteiger partial charge in [-0.25, -0.2) is 0 Å². The minimum Gasteiger partial charge on any atom is -0.380 e. The number of rotatable bonds is 2. The van der Waals surface area contributed by atoms with Crippen LogP contribution in [0.3, 0.4) is 0 Å². The molecule has 1 saturated heterocycles. The highest BCUT2D eigenvalue weighted by molar-refractivity contribution is 5.81. The zero-order valence-electron chi connectivity index (χ0n) is 7.80. The van der Waals surface area contributed by atoms with Crippen LogP contribution in [0.15, 0.2) is 11.6 Å². The Hall–Kier alpha value is -0.630. The van der Waals surface area contributed by atoms with Crippen molar-refractivity contribution in [3.63, 3.8) is 0 Å². The Labute approximate surface area is 73.6 Å². The SMILES string of the molecule is CC(C)=CCC1COCCC1=O. The van der Waals surface area contributed by atoms with Crippen molar-refractivity contribution in [3.05, 3.63) is 11.6 Å². The summed E-state index contributed by atoms with van der Waals surface area (Å²) >= 11 is 0. The zero-order valence-corrected chi connectivity index (χ0v) is 7.80. The summed E-state index contributed by atoms with van der Waals surface area (Å²) in [6.45, 7) is 5.33. The van der Waals surface area contributed by atoms with Crippen LogP contribution < -0.4 is 0 Å². The van der Waals surface area contributed by atoms with Crippen LogP contribution in [0.4, 0.5) is 0 Å². The third kappa shape index (κ3) is 2.78. The van der Waals surface area contributed by atoms with Crippen LogP contribution in [0.25, 0.3) is 0 Å². The molecule has 0 aliphatic carbocycles. The average Bonchev–Trinajstić information content (AvgIpc) is 2.03. The van der Waals surface area contributed by atoms with Crippen LogP contribution in [0.5, 0.6) is 0 Å². The van der Waals surface area contributed by atoms with Crippen molar-refractivity contribution in [2.24, 2.45) is 5.92 Å². The lowest BCUT2D eigenvalue weighted by molar-refractivity contribution is -0.130. The predicted molar refractivity (Wildman–Crippen MR) is 48.0 cm³/mol. The minimum absolute atomic E-state index is 0.119. The summed E-state index contributed by atoms with van der Waals surface area (Å²) in [6.07, 6.45) is 3.56. The lowest BCUT2D eigenvalue weighted by atomic mass is 9.96. The van der Waals surface area contributed by atoms with Gasteiger partial charge in [0.25, 0.3) is 0 Å². The summed E-state index contributed by atoms with van der Waals surface area (Å²) in [7, 11) is 0. The van der Waals surface area contributed by atoms with Gasteiger partial charge >= 0.3 is 0 Å². The van der Waals surface area contributed by atoms with E-state index in [-0.39, 0.29) is 5.92 Å². The van der Waals surface area contributed by atoms with Crippen molar-refractivity contribution in [1.29, 1.82) is 0 Å². The fourth-order valence-electron chi connectivity index (χ4n) is 1.27. The van der Waals surface area contributed by atoms with E-state index in [1.54, 1.807) is 0 Å². The van der Waals surface area contributed by atoms with Crippen molar-refractivity contribution >= 4 is 5.78 Å². The number of hydrogen-bond acceptors (Lipinski definition) is 2. The van der Waals surface area contributed by atoms with E-state index in [2.05, 4.69) is 6.08 Å². The van der Waals surface area contributed by atoms with Crippen molar-refractivity contribution in [1.82, 2.24) is 0 Å². The molecule has 0 saturated carbocycles. The third-order valence-electron chi connectivity index (χ3n) is 2.08. The smallest absolute Gasteiger partial charge is 0.140 e. The molecule has 2 heteroatoms. The molecule has 1 rings (SSSR count). The molecule has 0 aromatic carbocycles. The standard InChI is InChI=1S/C10H16O2/c1-8(2)3-4-9-7-12-6-5-10(9)11/h3,9H,4-7H2,1-2H3. The van der Waals surface area contributed by atoms with Gasteiger partial charge in [0.05, 0.1) is 13.2 Å². The molecule has 12 heavy (non-hydrogen) atoms. The normalized spacial score (nSPS) is 23.8. The number of carbonyl (C=O) groups is 1. The van der Waals surface area contributed by atoms with E-state index in [1.807, 2.05) is 13.8 Å². The molecule has 1 aliphatic rings. The maximum atomic E-state index is 11.3. The van der Waals surface area contributed by atoms with Crippen molar-refractivity contribution < 1.29 is 9.53 Å². The number of Topliss-reactive ketones (excluding diaryl/α,β-unsaturated/α-hetero) is 1. The van der Waals surface area contributed by atoms with Gasteiger partial charge in [0.2, 0.25) is 0 Å². The predicted octanol–water partition coefficient (Wildman–Crippen LogP) is 1.95. The maximum absolute atomic E-state index is 11.3. The molecule has 1 aliphatic heterocycles. The van der Waals surface area contributed by atoms with Gasteiger partial charge in [-0.2, -0.15) is 0 Å². The largest absolute Gasteiger partial charge is 0.380 e. The van der Waals surface area contributed by atoms with E-state index in [4.69, 9.17) is 4.74 Å². The van der Waals surface area contributed by atoms with Crippen LogP contribution in [0.1, 0.15) is 26.7 Å². The molecular formula is C10H16O2. The first-order chi connectivity index (χ1) is 5.70. The van der Waals surface area contributed by atoms with Crippen molar-refractivity contribution in [2.45, 2.75) is 26.7 Å². The Balaban J connectivity index is 2.39. The summed E-state index contributed by atoms with van der Waals surface area (Å²) in [5, 5.41) is 0. The highest BCUT2D eigenvalue weighted by atomic mass is 16.5. The monoisotopic (exact) mass is 168 g/mol. The number of ether oxygens (including phenoxy) is 1. The summed E-state index contributed by atoms with van der Waals surface area (Å²) in [6, 6.07) is 0. The van der Waals surface area contributed by atoms with Gasteiger partial charge in [-0.1, -0.05) is 11.6 Å². The van der Waals surface area contributed by atoms with Crippen LogP contribution in [-0.4, -0.2) is 19.0 Å². The summed E-state index contributed by atoms with van der Waals surface area (Å²) in [5.74, 6) is 0.479. The van der Waals surface area contributed by atoms with Gasteiger partial charge in [-0.05, 0) is 20.3 Å². The molecule has 1 unspecified atom stereocenters. The fraction of sp³-hybridized carbons (Fsp3) is 0.700. The van der Waals surface area contributed by atoms with Gasteiger partial charge < -0.3 is 4.74 Å². The van der Waals surface area contributed by atoms with E-state index in [0.717, 1.165) is 6.42 Å². The molecule has 0 spiro atoms. The lowest BCUT2D eigenvalue weighted by Gasteiger charge is -2.19. The van der Waals surface area contributed by atoms with E-state index in [1.165, 1.54) is 5.57 Å². The molecule has 0 aromatic rings. The van der Waals surface area contributed by atoms with Crippen molar-refractivity contribution in [3.8, 4) is 0 Å². The highest BCUT2D eigenvalue weighted by Gasteiger charge is 2.21. The second kappa shape index (κ2) is 4.41.